The van der Waals surface area contributed by atoms with E-state index in [1.807, 2.05) is 55.4 Å². The highest BCUT2D eigenvalue weighted by atomic mass is 16.5. The Kier molecular flexibility index (Phi) is 23.5. The first-order valence-electron chi connectivity index (χ1n) is 11.3. The molecular weight excluding hydrogens is 384 g/mol. The topological polar surface area (TPSA) is 85.9 Å². The Labute approximate surface area is 186 Å². The van der Waals surface area contributed by atoms with Gasteiger partial charge in [0, 0.05) is 19.6 Å². The molecule has 0 spiro atoms. The van der Waals surface area contributed by atoms with Crippen molar-refractivity contribution in [3.63, 3.8) is 0 Å². The zero-order valence-electron chi connectivity index (χ0n) is 21.4. The lowest BCUT2D eigenvalue weighted by Crippen LogP contribution is -2.35. The molecule has 0 aromatic rings. The number of amides is 1. The van der Waals surface area contributed by atoms with Gasteiger partial charge in [0.25, 0.3) is 5.91 Å². The third kappa shape index (κ3) is 34.3. The molecule has 0 saturated heterocycles. The second-order valence-electron chi connectivity index (χ2n) is 8.78. The summed E-state index contributed by atoms with van der Waals surface area (Å²) in [6.45, 7) is 23.4. The van der Waals surface area contributed by atoms with E-state index in [0.717, 1.165) is 0 Å². The number of esters is 1. The highest BCUT2D eigenvalue weighted by Gasteiger charge is 2.17. The summed E-state index contributed by atoms with van der Waals surface area (Å²) in [6, 6.07) is 0. The first kappa shape index (κ1) is 33.5. The van der Waals surface area contributed by atoms with Crippen LogP contribution >= 0.6 is 0 Å². The van der Waals surface area contributed by atoms with E-state index in [1.54, 1.807) is 0 Å². The molecule has 0 saturated carbocycles. The Morgan fingerprint density at radius 1 is 0.833 bits per heavy atom. The minimum atomic E-state index is -0.353. The fraction of sp³-hybridized carbons (Fsp3) is 0.913. The lowest BCUT2D eigenvalue weighted by atomic mass is 9.93. The van der Waals surface area contributed by atoms with Gasteiger partial charge in [-0.3, -0.25) is 9.59 Å². The molecule has 0 bridgehead atoms. The van der Waals surface area contributed by atoms with Crippen LogP contribution in [0.15, 0.2) is 0 Å². The largest absolute Gasteiger partial charge is 0.456 e. The van der Waals surface area contributed by atoms with Crippen molar-refractivity contribution in [1.29, 1.82) is 0 Å². The van der Waals surface area contributed by atoms with Crippen LogP contribution in [0.5, 0.6) is 0 Å². The highest BCUT2D eigenvalue weighted by molar-refractivity contribution is 5.80. The van der Waals surface area contributed by atoms with Gasteiger partial charge < -0.3 is 24.8 Å². The molecule has 0 aromatic carbocycles. The lowest BCUT2D eigenvalue weighted by Gasteiger charge is -2.19. The van der Waals surface area contributed by atoms with Crippen molar-refractivity contribution in [3.05, 3.63) is 0 Å². The van der Waals surface area contributed by atoms with Gasteiger partial charge in [-0.1, -0.05) is 54.9 Å². The van der Waals surface area contributed by atoms with Gasteiger partial charge in [0.2, 0.25) is 0 Å². The molecule has 0 rings (SSSR count). The van der Waals surface area contributed by atoms with E-state index in [1.165, 1.54) is 6.42 Å². The number of rotatable bonds is 12. The number of carbonyl (C=O) groups is 2. The third-order valence-electron chi connectivity index (χ3n) is 2.85. The Morgan fingerprint density at radius 2 is 1.40 bits per heavy atom. The maximum absolute atomic E-state index is 11.5. The molecule has 0 aliphatic heterocycles. The van der Waals surface area contributed by atoms with Gasteiger partial charge in [0.1, 0.15) is 0 Å². The van der Waals surface area contributed by atoms with Crippen molar-refractivity contribution in [1.82, 2.24) is 10.6 Å². The quantitative estimate of drug-likeness (QED) is 0.357. The molecule has 0 unspecified atom stereocenters. The summed E-state index contributed by atoms with van der Waals surface area (Å²) in [7, 11) is 0. The SMILES string of the molecule is CC.CC(C)(C)CC(=O)OCC(=O)NCCNCCOCCOC(C)(C)C.CCC. The van der Waals surface area contributed by atoms with E-state index in [2.05, 4.69) is 24.5 Å². The van der Waals surface area contributed by atoms with Crippen LogP contribution in [-0.2, 0) is 23.8 Å². The second kappa shape index (κ2) is 21.1. The van der Waals surface area contributed by atoms with Crippen molar-refractivity contribution in [2.75, 3.05) is 46.1 Å². The van der Waals surface area contributed by atoms with E-state index in [0.29, 0.717) is 45.9 Å². The highest BCUT2D eigenvalue weighted by Crippen LogP contribution is 2.18. The first-order valence-corrected chi connectivity index (χ1v) is 11.3. The minimum Gasteiger partial charge on any atom is -0.456 e. The summed E-state index contributed by atoms with van der Waals surface area (Å²) in [5.41, 5.74) is -0.278. The summed E-state index contributed by atoms with van der Waals surface area (Å²) in [4.78, 5) is 23.1. The van der Waals surface area contributed by atoms with Gasteiger partial charge in [-0.05, 0) is 26.2 Å². The van der Waals surface area contributed by atoms with Gasteiger partial charge in [-0.2, -0.15) is 0 Å². The molecule has 0 aliphatic carbocycles. The van der Waals surface area contributed by atoms with Gasteiger partial charge in [0.05, 0.1) is 31.8 Å². The lowest BCUT2D eigenvalue weighted by molar-refractivity contribution is -0.150. The van der Waals surface area contributed by atoms with Crippen LogP contribution in [0.4, 0.5) is 0 Å². The predicted octanol–water partition coefficient (Wildman–Crippen LogP) is 3.95. The molecular formula is C23H50N2O5. The molecule has 2 N–H and O–H groups in total. The van der Waals surface area contributed by atoms with Crippen LogP contribution in [0.2, 0.25) is 0 Å². The van der Waals surface area contributed by atoms with E-state index >= 15 is 0 Å². The fourth-order valence-corrected chi connectivity index (χ4v) is 1.75. The number of nitrogens with one attached hydrogen (secondary N) is 2. The Bertz CT molecular complexity index is 401. The van der Waals surface area contributed by atoms with E-state index in [4.69, 9.17) is 14.2 Å². The number of carbonyl (C=O) groups excluding carboxylic acids is 2. The van der Waals surface area contributed by atoms with Crippen molar-refractivity contribution >= 4 is 11.9 Å². The van der Waals surface area contributed by atoms with E-state index in [9.17, 15) is 9.59 Å². The summed E-state index contributed by atoms with van der Waals surface area (Å²) in [6.07, 6.45) is 1.54. The van der Waals surface area contributed by atoms with Crippen LogP contribution in [0.1, 0.15) is 82.1 Å². The summed E-state index contributed by atoms with van der Waals surface area (Å²) >= 11 is 0. The van der Waals surface area contributed by atoms with E-state index in [-0.39, 0.29) is 29.5 Å². The van der Waals surface area contributed by atoms with Gasteiger partial charge in [-0.25, -0.2) is 0 Å². The molecule has 0 atom stereocenters. The second-order valence-corrected chi connectivity index (χ2v) is 8.78. The molecule has 0 radical (unpaired) electrons. The number of ether oxygens (including phenoxy) is 3. The van der Waals surface area contributed by atoms with Crippen molar-refractivity contribution < 1.29 is 23.8 Å². The van der Waals surface area contributed by atoms with Crippen molar-refractivity contribution in [2.24, 2.45) is 5.41 Å². The molecule has 1 amide bonds. The number of hydrogen-bond donors (Lipinski definition) is 2. The number of hydrogen-bond acceptors (Lipinski definition) is 6. The average molecular weight is 435 g/mol. The summed E-state index contributed by atoms with van der Waals surface area (Å²) < 4.78 is 15.9. The molecule has 0 aliphatic rings. The molecule has 30 heavy (non-hydrogen) atoms. The minimum absolute atomic E-state index is 0.138. The zero-order chi connectivity index (χ0) is 24.1. The predicted molar refractivity (Wildman–Crippen MR) is 125 cm³/mol. The summed E-state index contributed by atoms with van der Waals surface area (Å²) in [5.74, 6) is -0.645. The van der Waals surface area contributed by atoms with Crippen LogP contribution in [-0.4, -0.2) is 63.5 Å². The summed E-state index contributed by atoms with van der Waals surface area (Å²) in [5, 5.41) is 5.84. The van der Waals surface area contributed by atoms with Crippen LogP contribution in [0.3, 0.4) is 0 Å². The maximum Gasteiger partial charge on any atom is 0.306 e. The van der Waals surface area contributed by atoms with Gasteiger partial charge in [0.15, 0.2) is 6.61 Å². The fourth-order valence-electron chi connectivity index (χ4n) is 1.75. The first-order chi connectivity index (χ1) is 13.9. The molecule has 0 heterocycles. The van der Waals surface area contributed by atoms with Crippen LogP contribution in [0, 0.1) is 5.41 Å². The molecule has 7 nitrogen and oxygen atoms in total. The third-order valence-corrected chi connectivity index (χ3v) is 2.85. The zero-order valence-corrected chi connectivity index (χ0v) is 21.4. The Morgan fingerprint density at radius 3 is 1.90 bits per heavy atom. The molecule has 182 valence electrons. The molecule has 7 heteroatoms. The van der Waals surface area contributed by atoms with Crippen molar-refractivity contribution in [3.8, 4) is 0 Å². The standard InChI is InChI=1S/C18H36N2O5.C3H8.C2H6/c1-17(2,3)13-16(22)24-14-15(21)20-8-7-19-9-10-23-11-12-25-18(4,5)6;1-3-2;1-2/h19H,7-14H2,1-6H3,(H,20,21);3H2,1-2H3;1-2H3. The normalized spacial score (nSPS) is 10.9. The Balaban J connectivity index is -0.00000133. The smallest absolute Gasteiger partial charge is 0.306 e. The van der Waals surface area contributed by atoms with E-state index < -0.39 is 0 Å². The van der Waals surface area contributed by atoms with Crippen LogP contribution < -0.4 is 10.6 Å². The van der Waals surface area contributed by atoms with Crippen LogP contribution in [0.25, 0.3) is 0 Å². The molecule has 0 aromatic heterocycles. The Hall–Kier alpha value is -1.18. The maximum atomic E-state index is 11.5. The van der Waals surface area contributed by atoms with Gasteiger partial charge in [-0.15, -0.1) is 0 Å². The average Bonchev–Trinajstić information content (AvgIpc) is 2.61. The van der Waals surface area contributed by atoms with Gasteiger partial charge >= 0.3 is 5.97 Å². The molecule has 0 fully saturated rings. The monoisotopic (exact) mass is 434 g/mol. The van der Waals surface area contributed by atoms with Crippen molar-refractivity contribution in [2.45, 2.75) is 87.7 Å².